The van der Waals surface area contributed by atoms with Gasteiger partial charge in [0.15, 0.2) is 0 Å². The summed E-state index contributed by atoms with van der Waals surface area (Å²) >= 11 is 0. The first kappa shape index (κ1) is 9.13. The Morgan fingerprint density at radius 2 is 2.27 bits per heavy atom. The van der Waals surface area contributed by atoms with E-state index in [0.717, 1.165) is 18.9 Å². The average molecular weight is 203 g/mol. The van der Waals surface area contributed by atoms with E-state index in [1.807, 2.05) is 6.20 Å². The fourth-order valence-electron chi connectivity index (χ4n) is 2.67. The lowest BCUT2D eigenvalue weighted by Crippen LogP contribution is -2.28. The van der Waals surface area contributed by atoms with Crippen LogP contribution in [-0.2, 0) is 12.8 Å². The van der Waals surface area contributed by atoms with Gasteiger partial charge in [-0.25, -0.2) is 9.97 Å². The highest BCUT2D eigenvalue weighted by atomic mass is 15.3. The summed E-state index contributed by atoms with van der Waals surface area (Å²) in [6.07, 6.45) is 8.17. The Hall–Kier alpha value is -1.12. The van der Waals surface area contributed by atoms with Crippen molar-refractivity contribution in [1.82, 2.24) is 9.97 Å². The number of rotatable bonds is 1. The van der Waals surface area contributed by atoms with Crippen LogP contribution in [0.4, 0.5) is 5.95 Å². The maximum Gasteiger partial charge on any atom is 0.225 e. The van der Waals surface area contributed by atoms with Crippen LogP contribution in [0, 0.1) is 0 Å². The van der Waals surface area contributed by atoms with Crippen LogP contribution in [0.3, 0.4) is 0 Å². The highest BCUT2D eigenvalue weighted by molar-refractivity contribution is 5.37. The predicted octanol–water partition coefficient (Wildman–Crippen LogP) is 1.95. The maximum absolute atomic E-state index is 4.70. The SMILES string of the molecule is CC1CCCN1c1ncc2c(n1)CCC2. The Kier molecular flexibility index (Phi) is 2.11. The van der Waals surface area contributed by atoms with Gasteiger partial charge < -0.3 is 4.90 Å². The topological polar surface area (TPSA) is 29.0 Å². The third-order valence-electron chi connectivity index (χ3n) is 3.61. The number of nitrogens with zero attached hydrogens (tertiary/aromatic N) is 3. The monoisotopic (exact) mass is 203 g/mol. The second kappa shape index (κ2) is 3.47. The van der Waals surface area contributed by atoms with Gasteiger partial charge in [-0.3, -0.25) is 0 Å². The molecule has 2 heterocycles. The predicted molar refractivity (Wildman–Crippen MR) is 60.1 cm³/mol. The van der Waals surface area contributed by atoms with Crippen molar-refractivity contribution in [3.63, 3.8) is 0 Å². The minimum Gasteiger partial charge on any atom is -0.338 e. The number of aryl methyl sites for hydroxylation is 2. The van der Waals surface area contributed by atoms with Gasteiger partial charge in [0.2, 0.25) is 5.95 Å². The van der Waals surface area contributed by atoms with Gasteiger partial charge in [0.25, 0.3) is 0 Å². The molecule has 3 heteroatoms. The van der Waals surface area contributed by atoms with E-state index in [4.69, 9.17) is 4.98 Å². The zero-order valence-corrected chi connectivity index (χ0v) is 9.24. The Morgan fingerprint density at radius 1 is 1.33 bits per heavy atom. The van der Waals surface area contributed by atoms with Crippen LogP contribution >= 0.6 is 0 Å². The first-order valence-electron chi connectivity index (χ1n) is 5.96. The lowest BCUT2D eigenvalue weighted by atomic mass is 10.2. The number of fused-ring (bicyclic) bond motifs is 1. The molecular weight excluding hydrogens is 186 g/mol. The molecule has 0 bridgehead atoms. The van der Waals surface area contributed by atoms with E-state index in [2.05, 4.69) is 16.8 Å². The molecule has 2 aliphatic rings. The Balaban J connectivity index is 1.92. The van der Waals surface area contributed by atoms with Crippen LogP contribution in [0.2, 0.25) is 0 Å². The molecule has 1 aromatic rings. The molecule has 0 saturated carbocycles. The van der Waals surface area contributed by atoms with Crippen LogP contribution in [0.15, 0.2) is 6.20 Å². The summed E-state index contributed by atoms with van der Waals surface area (Å²) in [5, 5.41) is 0. The highest BCUT2D eigenvalue weighted by Crippen LogP contribution is 2.25. The lowest BCUT2D eigenvalue weighted by molar-refractivity contribution is 0.714. The quantitative estimate of drug-likeness (QED) is 0.698. The van der Waals surface area contributed by atoms with Gasteiger partial charge in [0, 0.05) is 24.5 Å². The fraction of sp³-hybridized carbons (Fsp3) is 0.667. The summed E-state index contributed by atoms with van der Waals surface area (Å²) < 4.78 is 0. The fourth-order valence-corrected chi connectivity index (χ4v) is 2.67. The summed E-state index contributed by atoms with van der Waals surface area (Å²) in [6.45, 7) is 3.39. The van der Waals surface area contributed by atoms with E-state index in [0.29, 0.717) is 6.04 Å². The molecule has 0 N–H and O–H groups in total. The van der Waals surface area contributed by atoms with Crippen molar-refractivity contribution >= 4 is 5.95 Å². The summed E-state index contributed by atoms with van der Waals surface area (Å²) in [5.74, 6) is 0.959. The van der Waals surface area contributed by atoms with Gasteiger partial charge >= 0.3 is 0 Å². The maximum atomic E-state index is 4.70. The minimum absolute atomic E-state index is 0.615. The van der Waals surface area contributed by atoms with Crippen LogP contribution in [0.1, 0.15) is 37.4 Å². The summed E-state index contributed by atoms with van der Waals surface area (Å²) in [6, 6.07) is 0.615. The molecule has 1 atom stereocenters. The molecular formula is C12H17N3. The lowest BCUT2D eigenvalue weighted by Gasteiger charge is -2.21. The van der Waals surface area contributed by atoms with Crippen molar-refractivity contribution in [3.8, 4) is 0 Å². The molecule has 80 valence electrons. The zero-order valence-electron chi connectivity index (χ0n) is 9.24. The molecule has 3 rings (SSSR count). The molecule has 15 heavy (non-hydrogen) atoms. The average Bonchev–Trinajstić information content (AvgIpc) is 2.84. The van der Waals surface area contributed by atoms with Crippen LogP contribution in [0.5, 0.6) is 0 Å². The van der Waals surface area contributed by atoms with Crippen LogP contribution in [0.25, 0.3) is 0 Å². The zero-order chi connectivity index (χ0) is 10.3. The molecule has 1 fully saturated rings. The molecule has 1 aromatic heterocycles. The van der Waals surface area contributed by atoms with E-state index in [1.54, 1.807) is 0 Å². The van der Waals surface area contributed by atoms with E-state index < -0.39 is 0 Å². The molecule has 1 unspecified atom stereocenters. The Morgan fingerprint density at radius 3 is 3.07 bits per heavy atom. The third kappa shape index (κ3) is 1.50. The van der Waals surface area contributed by atoms with E-state index >= 15 is 0 Å². The van der Waals surface area contributed by atoms with Gasteiger partial charge in [0.1, 0.15) is 0 Å². The van der Waals surface area contributed by atoms with Gasteiger partial charge in [-0.15, -0.1) is 0 Å². The van der Waals surface area contributed by atoms with E-state index in [-0.39, 0.29) is 0 Å². The van der Waals surface area contributed by atoms with Gasteiger partial charge in [-0.1, -0.05) is 0 Å². The first-order valence-corrected chi connectivity index (χ1v) is 5.96. The van der Waals surface area contributed by atoms with Crippen molar-refractivity contribution in [1.29, 1.82) is 0 Å². The third-order valence-corrected chi connectivity index (χ3v) is 3.61. The molecule has 0 radical (unpaired) electrons. The second-order valence-electron chi connectivity index (χ2n) is 4.68. The van der Waals surface area contributed by atoms with Gasteiger partial charge in [-0.2, -0.15) is 0 Å². The number of hydrogen-bond donors (Lipinski definition) is 0. The normalized spacial score (nSPS) is 24.6. The highest BCUT2D eigenvalue weighted by Gasteiger charge is 2.24. The number of hydrogen-bond acceptors (Lipinski definition) is 3. The molecule has 3 nitrogen and oxygen atoms in total. The van der Waals surface area contributed by atoms with Crippen molar-refractivity contribution in [2.45, 2.75) is 45.1 Å². The van der Waals surface area contributed by atoms with Crippen LogP contribution in [-0.4, -0.2) is 22.6 Å². The molecule has 0 spiro atoms. The second-order valence-corrected chi connectivity index (χ2v) is 4.68. The Labute approximate surface area is 90.5 Å². The van der Waals surface area contributed by atoms with E-state index in [1.165, 1.54) is 36.9 Å². The Bertz CT molecular complexity index is 375. The van der Waals surface area contributed by atoms with Crippen molar-refractivity contribution in [2.75, 3.05) is 11.4 Å². The molecule has 1 aliphatic heterocycles. The molecule has 1 aliphatic carbocycles. The molecule has 1 saturated heterocycles. The molecule has 0 aromatic carbocycles. The van der Waals surface area contributed by atoms with Crippen LogP contribution < -0.4 is 4.90 Å². The molecule has 0 amide bonds. The largest absolute Gasteiger partial charge is 0.338 e. The van der Waals surface area contributed by atoms with Crippen molar-refractivity contribution in [3.05, 3.63) is 17.5 Å². The first-order chi connectivity index (χ1) is 7.34. The summed E-state index contributed by atoms with van der Waals surface area (Å²) in [4.78, 5) is 11.5. The van der Waals surface area contributed by atoms with Gasteiger partial charge in [-0.05, 0) is 44.6 Å². The van der Waals surface area contributed by atoms with Crippen molar-refractivity contribution in [2.24, 2.45) is 0 Å². The minimum atomic E-state index is 0.615. The number of anilines is 1. The standard InChI is InChI=1S/C12H17N3/c1-9-4-3-7-15(9)12-13-8-10-5-2-6-11(10)14-12/h8-9H,2-7H2,1H3. The van der Waals surface area contributed by atoms with E-state index in [9.17, 15) is 0 Å². The number of aromatic nitrogens is 2. The summed E-state index contributed by atoms with van der Waals surface area (Å²) in [7, 11) is 0. The smallest absolute Gasteiger partial charge is 0.225 e. The van der Waals surface area contributed by atoms with Crippen molar-refractivity contribution < 1.29 is 0 Å². The van der Waals surface area contributed by atoms with Gasteiger partial charge in [0.05, 0.1) is 0 Å². The summed E-state index contributed by atoms with van der Waals surface area (Å²) in [5.41, 5.74) is 2.66.